The molecule has 0 bridgehead atoms. The van der Waals surface area contributed by atoms with Crippen molar-refractivity contribution >= 4 is 15.9 Å². The van der Waals surface area contributed by atoms with Crippen molar-refractivity contribution in [1.29, 1.82) is 0 Å². The van der Waals surface area contributed by atoms with E-state index in [0.717, 1.165) is 42.6 Å². The van der Waals surface area contributed by atoms with Gasteiger partial charge < -0.3 is 0 Å². The minimum Gasteiger partial charge on any atom is -0.296 e. The van der Waals surface area contributed by atoms with Gasteiger partial charge in [-0.15, -0.1) is 0 Å². The Morgan fingerprint density at radius 2 is 2.00 bits per heavy atom. The third-order valence-electron chi connectivity index (χ3n) is 4.53. The van der Waals surface area contributed by atoms with Crippen LogP contribution >= 0.6 is 15.9 Å². The van der Waals surface area contributed by atoms with Crippen LogP contribution in [-0.4, -0.2) is 33.3 Å². The van der Waals surface area contributed by atoms with Crippen molar-refractivity contribution in [1.82, 2.24) is 20.1 Å². The number of aryl methyl sites for hydroxylation is 1. The summed E-state index contributed by atoms with van der Waals surface area (Å²) in [6, 6.07) is 0.0193. The zero-order valence-corrected chi connectivity index (χ0v) is 15.6. The summed E-state index contributed by atoms with van der Waals surface area (Å²) in [6.45, 7) is 14.0. The number of rotatable bonds is 9. The van der Waals surface area contributed by atoms with Crippen molar-refractivity contribution in [2.75, 3.05) is 13.1 Å². The molecule has 3 N–H and O–H groups in total. The Bertz CT molecular complexity index is 430. The lowest BCUT2D eigenvalue weighted by Crippen LogP contribution is -2.56. The van der Waals surface area contributed by atoms with E-state index in [4.69, 9.17) is 5.84 Å². The summed E-state index contributed by atoms with van der Waals surface area (Å²) in [4.78, 5) is 2.47. The van der Waals surface area contributed by atoms with Gasteiger partial charge in [-0.2, -0.15) is 5.10 Å². The topological polar surface area (TPSA) is 59.1 Å². The number of nitrogens with two attached hydrogens (primary N) is 1. The highest BCUT2D eigenvalue weighted by Gasteiger charge is 2.40. The first-order valence-electron chi connectivity index (χ1n) is 7.92. The summed E-state index contributed by atoms with van der Waals surface area (Å²) in [7, 11) is 0. The fourth-order valence-corrected chi connectivity index (χ4v) is 3.68. The van der Waals surface area contributed by atoms with Crippen LogP contribution in [0.4, 0.5) is 0 Å². The second-order valence-electron chi connectivity index (χ2n) is 5.58. The van der Waals surface area contributed by atoms with Gasteiger partial charge in [0.1, 0.15) is 0 Å². The van der Waals surface area contributed by atoms with Gasteiger partial charge in [-0.1, -0.05) is 27.7 Å². The summed E-state index contributed by atoms with van der Waals surface area (Å²) < 4.78 is 3.08. The van der Waals surface area contributed by atoms with E-state index in [1.54, 1.807) is 0 Å². The molecule has 1 aromatic heterocycles. The van der Waals surface area contributed by atoms with Gasteiger partial charge in [0, 0.05) is 12.1 Å². The first-order chi connectivity index (χ1) is 9.99. The molecule has 2 atom stereocenters. The molecule has 0 aliphatic rings. The average Bonchev–Trinajstić information content (AvgIpc) is 2.83. The molecule has 2 unspecified atom stereocenters. The van der Waals surface area contributed by atoms with Crippen LogP contribution in [0.5, 0.6) is 0 Å². The summed E-state index contributed by atoms with van der Waals surface area (Å²) in [6.07, 6.45) is 3.92. The van der Waals surface area contributed by atoms with Crippen LogP contribution in [0.2, 0.25) is 0 Å². The van der Waals surface area contributed by atoms with Gasteiger partial charge in [0.25, 0.3) is 0 Å². The molecular weight excluding hydrogens is 330 g/mol. The minimum absolute atomic E-state index is 0.0193. The molecule has 0 aliphatic heterocycles. The zero-order chi connectivity index (χ0) is 16.0. The molecule has 0 fully saturated rings. The Hall–Kier alpha value is -0.430. The summed E-state index contributed by atoms with van der Waals surface area (Å²) in [5, 5.41) is 4.49. The molecule has 5 nitrogen and oxygen atoms in total. The van der Waals surface area contributed by atoms with Crippen LogP contribution in [0, 0.1) is 0 Å². The molecule has 0 saturated carbocycles. The molecule has 0 spiro atoms. The number of halogens is 1. The molecular formula is C15H30BrN5. The summed E-state index contributed by atoms with van der Waals surface area (Å²) in [5.74, 6) is 5.97. The molecule has 0 aliphatic carbocycles. The quantitative estimate of drug-likeness (QED) is 0.525. The van der Waals surface area contributed by atoms with Crippen molar-refractivity contribution < 1.29 is 0 Å². The number of hydrazine groups is 1. The molecule has 1 aromatic rings. The highest BCUT2D eigenvalue weighted by Crippen LogP contribution is 2.36. The molecule has 0 radical (unpaired) electrons. The lowest BCUT2D eigenvalue weighted by atomic mass is 9.85. The first kappa shape index (κ1) is 18.6. The van der Waals surface area contributed by atoms with E-state index in [-0.39, 0.29) is 11.6 Å². The SMILES string of the molecule is CCCn1ncc(Br)c1C(NN)C(C)(CC)N(CC)CC. The fraction of sp³-hybridized carbons (Fsp3) is 0.800. The predicted octanol–water partition coefficient (Wildman–Crippen LogP) is 3.07. The van der Waals surface area contributed by atoms with E-state index in [1.807, 2.05) is 6.20 Å². The number of likely N-dealkylation sites (N-methyl/N-ethyl adjacent to an activating group) is 1. The van der Waals surface area contributed by atoms with E-state index in [9.17, 15) is 0 Å². The van der Waals surface area contributed by atoms with Gasteiger partial charge in [0.15, 0.2) is 0 Å². The van der Waals surface area contributed by atoms with Crippen molar-refractivity contribution in [2.45, 2.75) is 65.6 Å². The maximum Gasteiger partial charge on any atom is 0.0821 e. The Morgan fingerprint density at radius 3 is 2.43 bits per heavy atom. The molecule has 122 valence electrons. The fourth-order valence-electron chi connectivity index (χ4n) is 3.16. The van der Waals surface area contributed by atoms with E-state index in [2.05, 4.69) is 70.7 Å². The molecule has 1 rings (SSSR count). The Balaban J connectivity index is 3.30. The monoisotopic (exact) mass is 359 g/mol. The van der Waals surface area contributed by atoms with Crippen molar-refractivity contribution in [3.63, 3.8) is 0 Å². The normalized spacial score (nSPS) is 16.2. The number of nitrogens with one attached hydrogen (secondary N) is 1. The number of aromatic nitrogens is 2. The van der Waals surface area contributed by atoms with E-state index in [1.165, 1.54) is 0 Å². The highest BCUT2D eigenvalue weighted by atomic mass is 79.9. The van der Waals surface area contributed by atoms with Crippen molar-refractivity contribution in [2.24, 2.45) is 5.84 Å². The molecule has 1 heterocycles. The van der Waals surface area contributed by atoms with Crippen LogP contribution < -0.4 is 11.3 Å². The summed E-state index contributed by atoms with van der Waals surface area (Å²) >= 11 is 3.65. The second-order valence-corrected chi connectivity index (χ2v) is 6.44. The van der Waals surface area contributed by atoms with Crippen LogP contribution in [0.3, 0.4) is 0 Å². The van der Waals surface area contributed by atoms with Gasteiger partial charge in [-0.05, 0) is 48.8 Å². The van der Waals surface area contributed by atoms with Gasteiger partial charge in [-0.3, -0.25) is 15.4 Å². The second kappa shape index (κ2) is 8.27. The minimum atomic E-state index is -0.0632. The van der Waals surface area contributed by atoms with Gasteiger partial charge >= 0.3 is 0 Å². The van der Waals surface area contributed by atoms with Gasteiger partial charge in [0.2, 0.25) is 0 Å². The van der Waals surface area contributed by atoms with Crippen molar-refractivity contribution in [3.05, 3.63) is 16.4 Å². The largest absolute Gasteiger partial charge is 0.296 e. The third kappa shape index (κ3) is 3.67. The highest BCUT2D eigenvalue weighted by molar-refractivity contribution is 9.10. The molecule has 21 heavy (non-hydrogen) atoms. The van der Waals surface area contributed by atoms with Gasteiger partial charge in [0.05, 0.1) is 22.4 Å². The zero-order valence-electron chi connectivity index (χ0n) is 14.0. The first-order valence-corrected chi connectivity index (χ1v) is 8.71. The van der Waals surface area contributed by atoms with E-state index < -0.39 is 0 Å². The maximum absolute atomic E-state index is 5.97. The Kier molecular flexibility index (Phi) is 7.33. The lowest BCUT2D eigenvalue weighted by Gasteiger charge is -2.45. The standard InChI is InChI=1S/C15H30BrN5/c1-6-10-21-13(12(16)11-18-21)14(19-17)15(5,7-2)20(8-3)9-4/h11,14,19H,6-10,17H2,1-5H3. The summed E-state index contributed by atoms with van der Waals surface area (Å²) in [5.41, 5.74) is 4.12. The smallest absolute Gasteiger partial charge is 0.0821 e. The molecule has 0 saturated heterocycles. The average molecular weight is 360 g/mol. The maximum atomic E-state index is 5.97. The predicted molar refractivity (Wildman–Crippen MR) is 91.9 cm³/mol. The Labute approximate surface area is 137 Å². The van der Waals surface area contributed by atoms with Crippen LogP contribution in [0.1, 0.15) is 59.2 Å². The van der Waals surface area contributed by atoms with Crippen LogP contribution in [0.15, 0.2) is 10.7 Å². The molecule has 0 amide bonds. The van der Waals surface area contributed by atoms with Crippen LogP contribution in [-0.2, 0) is 6.54 Å². The number of hydrogen-bond donors (Lipinski definition) is 2. The molecule has 0 aromatic carbocycles. The van der Waals surface area contributed by atoms with E-state index >= 15 is 0 Å². The van der Waals surface area contributed by atoms with Crippen LogP contribution in [0.25, 0.3) is 0 Å². The van der Waals surface area contributed by atoms with E-state index in [0.29, 0.717) is 0 Å². The molecule has 6 heteroatoms. The lowest BCUT2D eigenvalue weighted by molar-refractivity contribution is 0.0660. The third-order valence-corrected chi connectivity index (χ3v) is 5.14. The number of nitrogens with zero attached hydrogens (tertiary/aromatic N) is 3. The van der Waals surface area contributed by atoms with Crippen molar-refractivity contribution in [3.8, 4) is 0 Å². The van der Waals surface area contributed by atoms with Gasteiger partial charge in [-0.25, -0.2) is 5.43 Å². The Morgan fingerprint density at radius 1 is 1.38 bits per heavy atom. The number of hydrogen-bond acceptors (Lipinski definition) is 4.